The molecule has 0 atom stereocenters. The number of benzene rings is 3. The lowest BCUT2D eigenvalue weighted by atomic mass is 10.0. The molecule has 0 saturated carbocycles. The molecule has 1 aliphatic rings. The van der Waals surface area contributed by atoms with Crippen molar-refractivity contribution in [3.8, 4) is 11.5 Å². The van der Waals surface area contributed by atoms with E-state index >= 15 is 0 Å². The fraction of sp³-hybridized carbons (Fsp3) is 0.217. The largest absolute Gasteiger partial charge is 0.497 e. The van der Waals surface area contributed by atoms with Crippen LogP contribution in [0.3, 0.4) is 0 Å². The van der Waals surface area contributed by atoms with E-state index < -0.39 is 20.0 Å². The van der Waals surface area contributed by atoms with E-state index in [9.17, 15) is 16.8 Å². The second-order valence-electron chi connectivity index (χ2n) is 7.46. The van der Waals surface area contributed by atoms with Crippen LogP contribution in [-0.2, 0) is 26.5 Å². The van der Waals surface area contributed by atoms with Crippen LogP contribution in [0, 0.1) is 0 Å². The van der Waals surface area contributed by atoms with Crippen LogP contribution in [0.25, 0.3) is 0 Å². The SMILES string of the molecule is COc1ccc(OC)c(S(=O)(=O)Nc2ccc3c(c2)N(S(=O)(=O)c2ccccc2)CCC3)c1. The normalized spacial score (nSPS) is 13.8. The smallest absolute Gasteiger partial charge is 0.265 e. The van der Waals surface area contributed by atoms with Gasteiger partial charge in [-0.05, 0) is 54.8 Å². The fourth-order valence-corrected chi connectivity index (χ4v) is 6.57. The van der Waals surface area contributed by atoms with Crippen molar-refractivity contribution in [2.24, 2.45) is 0 Å². The molecule has 0 amide bonds. The van der Waals surface area contributed by atoms with Crippen molar-refractivity contribution in [2.75, 3.05) is 29.8 Å². The Balaban J connectivity index is 1.72. The van der Waals surface area contributed by atoms with Crippen molar-refractivity contribution < 1.29 is 26.3 Å². The molecule has 10 heteroatoms. The molecule has 4 rings (SSSR count). The Hall–Kier alpha value is -3.24. The number of methoxy groups -OCH3 is 2. The van der Waals surface area contributed by atoms with Gasteiger partial charge in [-0.2, -0.15) is 0 Å². The molecule has 3 aromatic carbocycles. The number of aryl methyl sites for hydroxylation is 1. The zero-order valence-electron chi connectivity index (χ0n) is 18.2. The average Bonchev–Trinajstić information content (AvgIpc) is 2.83. The third-order valence-corrected chi connectivity index (χ3v) is 8.63. The van der Waals surface area contributed by atoms with Crippen molar-refractivity contribution >= 4 is 31.4 Å². The van der Waals surface area contributed by atoms with E-state index in [1.165, 1.54) is 30.7 Å². The maximum Gasteiger partial charge on any atom is 0.265 e. The van der Waals surface area contributed by atoms with Crippen LogP contribution < -0.4 is 18.5 Å². The van der Waals surface area contributed by atoms with Gasteiger partial charge < -0.3 is 9.47 Å². The molecule has 1 N–H and O–H groups in total. The van der Waals surface area contributed by atoms with Gasteiger partial charge in [-0.25, -0.2) is 16.8 Å². The molecule has 3 aromatic rings. The molecule has 0 fully saturated rings. The minimum absolute atomic E-state index is 0.0872. The molecule has 0 radical (unpaired) electrons. The summed E-state index contributed by atoms with van der Waals surface area (Å²) < 4.78 is 67.1. The molecule has 0 saturated heterocycles. The highest BCUT2D eigenvalue weighted by Gasteiger charge is 2.30. The van der Waals surface area contributed by atoms with Crippen molar-refractivity contribution in [1.29, 1.82) is 0 Å². The average molecular weight is 489 g/mol. The van der Waals surface area contributed by atoms with Gasteiger partial charge in [-0.1, -0.05) is 24.3 Å². The van der Waals surface area contributed by atoms with E-state index in [1.54, 1.807) is 54.6 Å². The Kier molecular flexibility index (Phi) is 6.22. The maximum absolute atomic E-state index is 13.3. The van der Waals surface area contributed by atoms with Gasteiger partial charge in [-0.3, -0.25) is 9.03 Å². The van der Waals surface area contributed by atoms with Crippen LogP contribution in [0.4, 0.5) is 11.4 Å². The first kappa shape index (κ1) is 22.9. The van der Waals surface area contributed by atoms with Gasteiger partial charge in [0.2, 0.25) is 0 Å². The van der Waals surface area contributed by atoms with E-state index in [2.05, 4.69) is 4.72 Å². The number of nitrogens with one attached hydrogen (secondary N) is 1. The highest BCUT2D eigenvalue weighted by molar-refractivity contribution is 7.93. The molecule has 1 aliphatic heterocycles. The molecule has 0 spiro atoms. The van der Waals surface area contributed by atoms with Gasteiger partial charge in [-0.15, -0.1) is 0 Å². The second kappa shape index (κ2) is 8.95. The number of anilines is 2. The summed E-state index contributed by atoms with van der Waals surface area (Å²) in [6.45, 7) is 0.310. The Morgan fingerprint density at radius 1 is 0.879 bits per heavy atom. The lowest BCUT2D eigenvalue weighted by molar-refractivity contribution is 0.392. The molecule has 0 aliphatic carbocycles. The molecule has 0 unspecified atom stereocenters. The molecule has 1 heterocycles. The summed E-state index contributed by atoms with van der Waals surface area (Å²) in [5.74, 6) is 0.524. The van der Waals surface area contributed by atoms with Crippen molar-refractivity contribution in [3.05, 3.63) is 72.3 Å². The van der Waals surface area contributed by atoms with Gasteiger partial charge in [0.25, 0.3) is 20.0 Å². The third kappa shape index (κ3) is 4.49. The van der Waals surface area contributed by atoms with E-state index in [1.807, 2.05) is 0 Å². The summed E-state index contributed by atoms with van der Waals surface area (Å²) >= 11 is 0. The number of rotatable bonds is 7. The van der Waals surface area contributed by atoms with Gasteiger partial charge in [0.1, 0.15) is 16.4 Å². The van der Waals surface area contributed by atoms with E-state index in [4.69, 9.17) is 9.47 Å². The summed E-state index contributed by atoms with van der Waals surface area (Å²) in [4.78, 5) is 0.0979. The molecule has 0 aromatic heterocycles. The number of hydrogen-bond acceptors (Lipinski definition) is 6. The van der Waals surface area contributed by atoms with Gasteiger partial charge in [0.15, 0.2) is 0 Å². The highest BCUT2D eigenvalue weighted by Crippen LogP contribution is 2.35. The molecule has 174 valence electrons. The second-order valence-corrected chi connectivity index (χ2v) is 11.0. The van der Waals surface area contributed by atoms with Crippen molar-refractivity contribution in [1.82, 2.24) is 0 Å². The van der Waals surface area contributed by atoms with Crippen LogP contribution in [0.5, 0.6) is 11.5 Å². The quantitative estimate of drug-likeness (QED) is 0.545. The van der Waals surface area contributed by atoms with E-state index in [0.29, 0.717) is 30.8 Å². The Labute approximate surface area is 193 Å². The van der Waals surface area contributed by atoms with Gasteiger partial charge in [0.05, 0.1) is 30.5 Å². The van der Waals surface area contributed by atoms with Gasteiger partial charge >= 0.3 is 0 Å². The molecular formula is C23H24N2O6S2. The summed E-state index contributed by atoms with van der Waals surface area (Å²) in [5.41, 5.74) is 1.54. The maximum atomic E-state index is 13.3. The predicted octanol–water partition coefficient (Wildman–Crippen LogP) is 3.65. The summed E-state index contributed by atoms with van der Waals surface area (Å²) in [5, 5.41) is 0. The number of hydrogen-bond donors (Lipinski definition) is 1. The van der Waals surface area contributed by atoms with Gasteiger partial charge in [0, 0.05) is 12.6 Å². The molecule has 33 heavy (non-hydrogen) atoms. The van der Waals surface area contributed by atoms with E-state index in [0.717, 1.165) is 5.56 Å². The van der Waals surface area contributed by atoms with Crippen molar-refractivity contribution in [3.63, 3.8) is 0 Å². The molecule has 8 nitrogen and oxygen atoms in total. The zero-order valence-corrected chi connectivity index (χ0v) is 19.8. The Morgan fingerprint density at radius 2 is 1.64 bits per heavy atom. The Bertz CT molecular complexity index is 1370. The number of sulfonamides is 2. The lowest BCUT2D eigenvalue weighted by Gasteiger charge is -2.31. The first-order chi connectivity index (χ1) is 15.8. The predicted molar refractivity (Wildman–Crippen MR) is 126 cm³/mol. The number of ether oxygens (including phenoxy) is 2. The van der Waals surface area contributed by atoms with Crippen molar-refractivity contribution in [2.45, 2.75) is 22.6 Å². The van der Waals surface area contributed by atoms with Crippen LogP contribution in [0.15, 0.2) is 76.5 Å². The Morgan fingerprint density at radius 3 is 2.33 bits per heavy atom. The van der Waals surface area contributed by atoms with E-state index in [-0.39, 0.29) is 21.2 Å². The standard InChI is InChI=1S/C23H24N2O6S2/c1-30-19-12-13-22(31-2)23(16-19)32(26,27)24-18-11-10-17-7-6-14-25(21(17)15-18)33(28,29)20-8-4-3-5-9-20/h3-5,8-13,15-16,24H,6-7,14H2,1-2H3. The van der Waals surface area contributed by atoms with Crippen LogP contribution in [0.1, 0.15) is 12.0 Å². The minimum Gasteiger partial charge on any atom is -0.497 e. The minimum atomic E-state index is -4.04. The summed E-state index contributed by atoms with van der Waals surface area (Å²) in [6, 6.07) is 17.6. The zero-order chi connectivity index (χ0) is 23.6. The summed E-state index contributed by atoms with van der Waals surface area (Å²) in [6.07, 6.45) is 1.37. The highest BCUT2D eigenvalue weighted by atomic mass is 32.2. The van der Waals surface area contributed by atoms with Crippen LogP contribution in [0.2, 0.25) is 0 Å². The topological polar surface area (TPSA) is 102 Å². The lowest BCUT2D eigenvalue weighted by Crippen LogP contribution is -2.35. The fourth-order valence-electron chi connectivity index (χ4n) is 3.78. The number of fused-ring (bicyclic) bond motifs is 1. The summed E-state index contributed by atoms with van der Waals surface area (Å²) in [7, 11) is -5.01. The van der Waals surface area contributed by atoms with Crippen LogP contribution >= 0.6 is 0 Å². The monoisotopic (exact) mass is 488 g/mol. The first-order valence-electron chi connectivity index (χ1n) is 10.2. The molecular weight excluding hydrogens is 464 g/mol. The number of nitrogens with zero attached hydrogens (tertiary/aromatic N) is 1. The van der Waals surface area contributed by atoms with Crippen LogP contribution in [-0.4, -0.2) is 37.6 Å². The third-order valence-electron chi connectivity index (χ3n) is 5.41. The first-order valence-corrected chi connectivity index (χ1v) is 13.1. The molecule has 0 bridgehead atoms.